The number of benzene rings is 2. The van der Waals surface area contributed by atoms with Crippen LogP contribution in [0.25, 0.3) is 11.5 Å². The van der Waals surface area contributed by atoms with E-state index in [4.69, 9.17) is 20.8 Å². The second-order valence-electron chi connectivity index (χ2n) is 4.93. The van der Waals surface area contributed by atoms with E-state index < -0.39 is 4.92 Å². The highest BCUT2D eigenvalue weighted by Crippen LogP contribution is 2.33. The number of nitro benzene ring substituents is 1. The fourth-order valence-corrected chi connectivity index (χ4v) is 3.01. The minimum Gasteiger partial charge on any atom is -0.496 e. The van der Waals surface area contributed by atoms with Crippen molar-refractivity contribution in [2.75, 3.05) is 7.11 Å². The van der Waals surface area contributed by atoms with Crippen molar-refractivity contribution >= 4 is 29.1 Å². The molecule has 0 amide bonds. The van der Waals surface area contributed by atoms with Crippen LogP contribution in [0, 0.1) is 10.1 Å². The lowest BCUT2D eigenvalue weighted by molar-refractivity contribution is -0.384. The number of ether oxygens (including phenoxy) is 1. The summed E-state index contributed by atoms with van der Waals surface area (Å²) < 4.78 is 10.9. The third-order valence-electron chi connectivity index (χ3n) is 3.28. The number of halogens is 1. The molecule has 0 bridgehead atoms. The quantitative estimate of drug-likeness (QED) is 0.352. The minimum atomic E-state index is -0.426. The Bertz CT molecular complexity index is 916. The number of nitrogens with zero attached hydrogens (tertiary/aromatic N) is 3. The van der Waals surface area contributed by atoms with Crippen molar-refractivity contribution in [1.82, 2.24) is 10.2 Å². The zero-order chi connectivity index (χ0) is 17.8. The zero-order valence-corrected chi connectivity index (χ0v) is 14.6. The molecular formula is C16H12ClN3O4S. The molecule has 0 radical (unpaired) electrons. The molecule has 7 nitrogen and oxygen atoms in total. The number of methoxy groups -OCH3 is 1. The maximum Gasteiger partial charge on any atom is 0.277 e. The molecule has 0 aliphatic rings. The van der Waals surface area contributed by atoms with Gasteiger partial charge in [-0.25, -0.2) is 0 Å². The van der Waals surface area contributed by atoms with E-state index >= 15 is 0 Å². The van der Waals surface area contributed by atoms with Crippen molar-refractivity contribution in [3.05, 3.63) is 63.2 Å². The van der Waals surface area contributed by atoms with Gasteiger partial charge in [-0.15, -0.1) is 10.2 Å². The Morgan fingerprint density at radius 1 is 1.28 bits per heavy atom. The predicted octanol–water partition coefficient (Wildman–Crippen LogP) is 4.60. The summed E-state index contributed by atoms with van der Waals surface area (Å²) >= 11 is 7.30. The van der Waals surface area contributed by atoms with Gasteiger partial charge in [-0.2, -0.15) is 0 Å². The van der Waals surface area contributed by atoms with E-state index in [9.17, 15) is 10.1 Å². The van der Waals surface area contributed by atoms with Crippen LogP contribution in [0.5, 0.6) is 5.75 Å². The molecule has 3 rings (SSSR count). The van der Waals surface area contributed by atoms with Crippen LogP contribution in [-0.2, 0) is 5.75 Å². The molecule has 0 spiro atoms. The van der Waals surface area contributed by atoms with Gasteiger partial charge in [0.25, 0.3) is 16.8 Å². The van der Waals surface area contributed by atoms with Crippen LogP contribution in [0.15, 0.2) is 52.1 Å². The van der Waals surface area contributed by atoms with Gasteiger partial charge in [0.2, 0.25) is 0 Å². The van der Waals surface area contributed by atoms with Crippen LogP contribution in [0.1, 0.15) is 5.56 Å². The first kappa shape index (κ1) is 17.2. The van der Waals surface area contributed by atoms with Gasteiger partial charge in [0, 0.05) is 22.9 Å². The first-order valence-corrected chi connectivity index (χ1v) is 8.46. The SMILES string of the molecule is COc1ccc(Cl)cc1-c1nnc(SCc2cccc([N+](=O)[O-])c2)o1. The van der Waals surface area contributed by atoms with Crippen LogP contribution in [0.2, 0.25) is 5.02 Å². The lowest BCUT2D eigenvalue weighted by Crippen LogP contribution is -1.89. The van der Waals surface area contributed by atoms with E-state index in [1.54, 1.807) is 37.4 Å². The molecule has 0 saturated heterocycles. The molecule has 0 fully saturated rings. The van der Waals surface area contributed by atoms with Gasteiger partial charge >= 0.3 is 0 Å². The summed E-state index contributed by atoms with van der Waals surface area (Å²) in [6.45, 7) is 0. The fraction of sp³-hybridized carbons (Fsp3) is 0.125. The first-order chi connectivity index (χ1) is 12.1. The molecular weight excluding hydrogens is 366 g/mol. The smallest absolute Gasteiger partial charge is 0.277 e. The molecule has 2 aromatic carbocycles. The van der Waals surface area contributed by atoms with E-state index in [-0.39, 0.29) is 5.69 Å². The van der Waals surface area contributed by atoms with Gasteiger partial charge in [-0.05, 0) is 23.8 Å². The van der Waals surface area contributed by atoms with Crippen molar-refractivity contribution in [3.8, 4) is 17.2 Å². The maximum absolute atomic E-state index is 10.8. The van der Waals surface area contributed by atoms with Gasteiger partial charge in [0.05, 0.1) is 17.6 Å². The monoisotopic (exact) mass is 377 g/mol. The number of thioether (sulfide) groups is 1. The van der Waals surface area contributed by atoms with Gasteiger partial charge in [0.15, 0.2) is 0 Å². The van der Waals surface area contributed by atoms with Crippen LogP contribution >= 0.6 is 23.4 Å². The van der Waals surface area contributed by atoms with Crippen LogP contribution in [0.4, 0.5) is 5.69 Å². The van der Waals surface area contributed by atoms with Crippen LogP contribution in [-0.4, -0.2) is 22.2 Å². The fourth-order valence-electron chi connectivity index (χ4n) is 2.13. The van der Waals surface area contributed by atoms with Crippen molar-refractivity contribution in [1.29, 1.82) is 0 Å². The van der Waals surface area contributed by atoms with E-state index in [1.165, 1.54) is 23.9 Å². The Hall–Kier alpha value is -2.58. The second kappa shape index (κ2) is 7.54. The Kier molecular flexibility index (Phi) is 5.20. The third kappa shape index (κ3) is 4.09. The highest BCUT2D eigenvalue weighted by Gasteiger charge is 2.15. The highest BCUT2D eigenvalue weighted by atomic mass is 35.5. The zero-order valence-electron chi connectivity index (χ0n) is 13.0. The van der Waals surface area contributed by atoms with Crippen LogP contribution in [0.3, 0.4) is 0 Å². The summed E-state index contributed by atoms with van der Waals surface area (Å²) in [5.74, 6) is 1.33. The van der Waals surface area contributed by atoms with Gasteiger partial charge < -0.3 is 9.15 Å². The molecule has 1 heterocycles. The average Bonchev–Trinajstić information content (AvgIpc) is 3.09. The van der Waals surface area contributed by atoms with Crippen molar-refractivity contribution in [3.63, 3.8) is 0 Å². The molecule has 0 aliphatic carbocycles. The Morgan fingerprint density at radius 3 is 2.88 bits per heavy atom. The normalized spacial score (nSPS) is 10.6. The van der Waals surface area contributed by atoms with Crippen molar-refractivity contribution in [2.45, 2.75) is 11.0 Å². The molecule has 0 N–H and O–H groups in total. The summed E-state index contributed by atoms with van der Waals surface area (Å²) in [6, 6.07) is 11.5. The summed E-state index contributed by atoms with van der Waals surface area (Å²) in [4.78, 5) is 10.4. The average molecular weight is 378 g/mol. The van der Waals surface area contributed by atoms with E-state index in [1.807, 2.05) is 0 Å². The van der Waals surface area contributed by atoms with E-state index in [0.29, 0.717) is 33.2 Å². The maximum atomic E-state index is 10.8. The summed E-state index contributed by atoms with van der Waals surface area (Å²) in [5, 5.41) is 19.7. The molecule has 9 heteroatoms. The number of hydrogen-bond donors (Lipinski definition) is 0. The lowest BCUT2D eigenvalue weighted by Gasteiger charge is -2.04. The molecule has 3 aromatic rings. The van der Waals surface area contributed by atoms with Gasteiger partial charge in [-0.3, -0.25) is 10.1 Å². The van der Waals surface area contributed by atoms with Crippen LogP contribution < -0.4 is 4.74 Å². The standard InChI is InChI=1S/C16H12ClN3O4S/c1-23-14-6-5-11(17)8-13(14)15-18-19-16(24-15)25-9-10-3-2-4-12(7-10)20(21)22/h2-8H,9H2,1H3. The van der Waals surface area contributed by atoms with Gasteiger partial charge in [0.1, 0.15) is 5.75 Å². The molecule has 25 heavy (non-hydrogen) atoms. The lowest BCUT2D eigenvalue weighted by atomic mass is 10.2. The molecule has 128 valence electrons. The number of non-ortho nitro benzene ring substituents is 1. The first-order valence-electron chi connectivity index (χ1n) is 7.10. The number of hydrogen-bond acceptors (Lipinski definition) is 7. The Morgan fingerprint density at radius 2 is 2.12 bits per heavy atom. The molecule has 0 saturated carbocycles. The number of aromatic nitrogens is 2. The van der Waals surface area contributed by atoms with Gasteiger partial charge in [-0.1, -0.05) is 35.5 Å². The van der Waals surface area contributed by atoms with Crippen molar-refractivity contribution < 1.29 is 14.1 Å². The van der Waals surface area contributed by atoms with E-state index in [0.717, 1.165) is 5.56 Å². The van der Waals surface area contributed by atoms with Crippen molar-refractivity contribution in [2.24, 2.45) is 0 Å². The Balaban J connectivity index is 1.75. The second-order valence-corrected chi connectivity index (χ2v) is 6.30. The topological polar surface area (TPSA) is 91.3 Å². The number of nitro groups is 1. The highest BCUT2D eigenvalue weighted by molar-refractivity contribution is 7.98. The molecule has 0 aliphatic heterocycles. The summed E-state index contributed by atoms with van der Waals surface area (Å²) in [6.07, 6.45) is 0. The summed E-state index contributed by atoms with van der Waals surface area (Å²) in [5.41, 5.74) is 1.44. The minimum absolute atomic E-state index is 0.0491. The molecule has 0 unspecified atom stereocenters. The van der Waals surface area contributed by atoms with E-state index in [2.05, 4.69) is 10.2 Å². The molecule has 1 aromatic heterocycles. The largest absolute Gasteiger partial charge is 0.496 e. The predicted molar refractivity (Wildman–Crippen MR) is 94.0 cm³/mol. The summed E-state index contributed by atoms with van der Waals surface area (Å²) in [7, 11) is 1.54. The Labute approximate surface area is 152 Å². The third-order valence-corrected chi connectivity index (χ3v) is 4.41. The molecule has 0 atom stereocenters. The number of rotatable bonds is 6.